The van der Waals surface area contributed by atoms with Crippen molar-refractivity contribution in [3.05, 3.63) is 55.6 Å². The molecule has 0 spiro atoms. The molecular weight excluding hydrogens is 412 g/mol. The molecule has 1 aromatic heterocycles. The summed E-state index contributed by atoms with van der Waals surface area (Å²) in [7, 11) is 0. The van der Waals surface area contributed by atoms with Crippen LogP contribution in [0.15, 0.2) is 49.9 Å². The van der Waals surface area contributed by atoms with Gasteiger partial charge in [-0.15, -0.1) is 0 Å². The van der Waals surface area contributed by atoms with E-state index in [2.05, 4.69) is 58.1 Å². The number of hydrogen-bond acceptors (Lipinski definition) is 2. The molecule has 0 bridgehead atoms. The Hall–Kier alpha value is -0.390. The summed E-state index contributed by atoms with van der Waals surface area (Å²) in [6.45, 7) is 0.694. The van der Waals surface area contributed by atoms with Gasteiger partial charge in [-0.25, -0.2) is 0 Å². The fourth-order valence-corrected chi connectivity index (χ4v) is 3.93. The standard InChI is InChI=1S/C12H9Br3N2/c13-8-5-10(14)12(11(15)6-8)17-7-9-3-1-2-4-16-9/h1-6,17H,7H2. The summed E-state index contributed by atoms with van der Waals surface area (Å²) >= 11 is 10.5. The smallest absolute Gasteiger partial charge is 0.0633 e. The average Bonchev–Trinajstić information content (AvgIpc) is 2.29. The lowest BCUT2D eigenvalue weighted by Gasteiger charge is -2.11. The summed E-state index contributed by atoms with van der Waals surface area (Å²) in [5.41, 5.74) is 2.04. The van der Waals surface area contributed by atoms with Crippen molar-refractivity contribution in [3.8, 4) is 0 Å². The Balaban J connectivity index is 2.15. The van der Waals surface area contributed by atoms with Crippen molar-refractivity contribution >= 4 is 53.5 Å². The van der Waals surface area contributed by atoms with Crippen LogP contribution in [0.25, 0.3) is 0 Å². The zero-order valence-electron chi connectivity index (χ0n) is 8.75. The van der Waals surface area contributed by atoms with Crippen LogP contribution in [-0.4, -0.2) is 4.98 Å². The SMILES string of the molecule is Brc1cc(Br)c(NCc2ccccn2)c(Br)c1. The number of aromatic nitrogens is 1. The molecule has 5 heteroatoms. The van der Waals surface area contributed by atoms with E-state index in [0.717, 1.165) is 24.8 Å². The van der Waals surface area contributed by atoms with E-state index < -0.39 is 0 Å². The number of pyridine rings is 1. The van der Waals surface area contributed by atoms with Crippen LogP contribution in [0.3, 0.4) is 0 Å². The van der Waals surface area contributed by atoms with Gasteiger partial charge in [-0.2, -0.15) is 0 Å². The predicted octanol–water partition coefficient (Wildman–Crippen LogP) is 4.98. The second-order valence-electron chi connectivity index (χ2n) is 3.42. The predicted molar refractivity (Wildman–Crippen MR) is 81.1 cm³/mol. The van der Waals surface area contributed by atoms with Gasteiger partial charge in [0.05, 0.1) is 17.9 Å². The molecule has 2 rings (SSSR count). The summed E-state index contributed by atoms with van der Waals surface area (Å²) in [6.07, 6.45) is 1.79. The monoisotopic (exact) mass is 418 g/mol. The molecule has 0 radical (unpaired) electrons. The van der Waals surface area contributed by atoms with Crippen LogP contribution in [0, 0.1) is 0 Å². The normalized spacial score (nSPS) is 10.3. The third-order valence-electron chi connectivity index (χ3n) is 2.18. The fourth-order valence-electron chi connectivity index (χ4n) is 1.39. The molecule has 1 N–H and O–H groups in total. The van der Waals surface area contributed by atoms with E-state index in [4.69, 9.17) is 0 Å². The minimum Gasteiger partial charge on any atom is -0.378 e. The molecule has 0 aliphatic heterocycles. The molecule has 2 aromatic rings. The van der Waals surface area contributed by atoms with E-state index in [1.807, 2.05) is 30.3 Å². The maximum Gasteiger partial charge on any atom is 0.0633 e. The Morgan fingerprint density at radius 2 is 1.76 bits per heavy atom. The van der Waals surface area contributed by atoms with Crippen LogP contribution < -0.4 is 5.32 Å². The molecule has 0 unspecified atom stereocenters. The van der Waals surface area contributed by atoms with E-state index >= 15 is 0 Å². The molecule has 0 atom stereocenters. The van der Waals surface area contributed by atoms with Crippen LogP contribution in [-0.2, 0) is 6.54 Å². The molecule has 88 valence electrons. The second kappa shape index (κ2) is 5.98. The number of hydrogen-bond donors (Lipinski definition) is 1. The molecule has 1 heterocycles. The third kappa shape index (κ3) is 3.53. The van der Waals surface area contributed by atoms with Crippen molar-refractivity contribution in [2.45, 2.75) is 6.54 Å². The molecule has 0 aliphatic carbocycles. The summed E-state index contributed by atoms with van der Waals surface area (Å²) < 4.78 is 3.05. The van der Waals surface area contributed by atoms with E-state index in [9.17, 15) is 0 Å². The molecule has 2 nitrogen and oxygen atoms in total. The topological polar surface area (TPSA) is 24.9 Å². The lowest BCUT2D eigenvalue weighted by atomic mass is 10.3. The van der Waals surface area contributed by atoms with Crippen molar-refractivity contribution in [2.75, 3.05) is 5.32 Å². The third-order valence-corrected chi connectivity index (χ3v) is 3.89. The van der Waals surface area contributed by atoms with Gasteiger partial charge in [0.2, 0.25) is 0 Å². The Kier molecular flexibility index (Phi) is 4.59. The number of anilines is 1. The van der Waals surface area contributed by atoms with E-state index in [0.29, 0.717) is 6.54 Å². The van der Waals surface area contributed by atoms with Crippen molar-refractivity contribution in [2.24, 2.45) is 0 Å². The quantitative estimate of drug-likeness (QED) is 0.757. The summed E-state index contributed by atoms with van der Waals surface area (Å²) in [5.74, 6) is 0. The van der Waals surface area contributed by atoms with Gasteiger partial charge >= 0.3 is 0 Å². The Morgan fingerprint density at radius 3 is 2.35 bits per heavy atom. The van der Waals surface area contributed by atoms with Crippen molar-refractivity contribution in [3.63, 3.8) is 0 Å². The highest BCUT2D eigenvalue weighted by Gasteiger charge is 2.06. The van der Waals surface area contributed by atoms with E-state index in [-0.39, 0.29) is 0 Å². The lowest BCUT2D eigenvalue weighted by molar-refractivity contribution is 1.04. The summed E-state index contributed by atoms with van der Waals surface area (Å²) in [5, 5.41) is 3.35. The second-order valence-corrected chi connectivity index (χ2v) is 6.04. The van der Waals surface area contributed by atoms with Crippen LogP contribution in [0.2, 0.25) is 0 Å². The van der Waals surface area contributed by atoms with Crippen molar-refractivity contribution in [1.29, 1.82) is 0 Å². The first-order valence-electron chi connectivity index (χ1n) is 4.95. The first-order chi connectivity index (χ1) is 8.16. The number of rotatable bonds is 3. The van der Waals surface area contributed by atoms with Crippen molar-refractivity contribution in [1.82, 2.24) is 4.98 Å². The molecular formula is C12H9Br3N2. The van der Waals surface area contributed by atoms with Gasteiger partial charge in [0.15, 0.2) is 0 Å². The van der Waals surface area contributed by atoms with Gasteiger partial charge in [-0.1, -0.05) is 22.0 Å². The molecule has 1 aromatic carbocycles. The minimum atomic E-state index is 0.694. The van der Waals surface area contributed by atoms with Crippen LogP contribution in [0.5, 0.6) is 0 Å². The Morgan fingerprint density at radius 1 is 1.06 bits per heavy atom. The Bertz CT molecular complexity index is 491. The largest absolute Gasteiger partial charge is 0.378 e. The molecule has 0 saturated heterocycles. The average molecular weight is 421 g/mol. The van der Waals surface area contributed by atoms with Gasteiger partial charge in [0.25, 0.3) is 0 Å². The minimum absolute atomic E-state index is 0.694. The number of halogens is 3. The number of nitrogens with zero attached hydrogens (tertiary/aromatic N) is 1. The number of nitrogens with one attached hydrogen (secondary N) is 1. The van der Waals surface area contributed by atoms with E-state index in [1.165, 1.54) is 0 Å². The lowest BCUT2D eigenvalue weighted by Crippen LogP contribution is -2.02. The zero-order chi connectivity index (χ0) is 12.3. The highest BCUT2D eigenvalue weighted by molar-refractivity contribution is 9.11. The molecule has 17 heavy (non-hydrogen) atoms. The first kappa shape index (κ1) is 13.1. The van der Waals surface area contributed by atoms with Crippen molar-refractivity contribution < 1.29 is 0 Å². The van der Waals surface area contributed by atoms with Gasteiger partial charge in [-0.3, -0.25) is 4.98 Å². The molecule has 0 aliphatic rings. The van der Waals surface area contributed by atoms with Gasteiger partial charge in [0, 0.05) is 19.6 Å². The summed E-state index contributed by atoms with van der Waals surface area (Å²) in [6, 6.07) is 9.90. The number of benzene rings is 1. The molecule has 0 saturated carbocycles. The van der Waals surface area contributed by atoms with Gasteiger partial charge in [0.1, 0.15) is 0 Å². The maximum absolute atomic E-state index is 4.27. The fraction of sp³-hybridized carbons (Fsp3) is 0.0833. The highest BCUT2D eigenvalue weighted by Crippen LogP contribution is 2.34. The van der Waals surface area contributed by atoms with Gasteiger partial charge in [-0.05, 0) is 56.1 Å². The zero-order valence-corrected chi connectivity index (χ0v) is 13.5. The van der Waals surface area contributed by atoms with Crippen LogP contribution >= 0.6 is 47.8 Å². The first-order valence-corrected chi connectivity index (χ1v) is 7.33. The highest BCUT2D eigenvalue weighted by atomic mass is 79.9. The van der Waals surface area contributed by atoms with Crippen LogP contribution in [0.4, 0.5) is 5.69 Å². The maximum atomic E-state index is 4.27. The summed E-state index contributed by atoms with van der Waals surface area (Å²) in [4.78, 5) is 4.27. The van der Waals surface area contributed by atoms with E-state index in [1.54, 1.807) is 6.20 Å². The Labute approximate surface area is 125 Å². The molecule has 0 fully saturated rings. The van der Waals surface area contributed by atoms with Gasteiger partial charge < -0.3 is 5.32 Å². The molecule has 0 amide bonds. The van der Waals surface area contributed by atoms with Crippen LogP contribution in [0.1, 0.15) is 5.69 Å².